The van der Waals surface area contributed by atoms with Crippen molar-refractivity contribution in [2.45, 2.75) is 26.1 Å². The van der Waals surface area contributed by atoms with Gasteiger partial charge < -0.3 is 14.8 Å². The topological polar surface area (TPSA) is 88.4 Å². The lowest BCUT2D eigenvalue weighted by Crippen LogP contribution is -2.53. The Balaban J connectivity index is 1.11. The van der Waals surface area contributed by atoms with E-state index >= 15 is 0 Å². The molecule has 2 aliphatic heterocycles. The van der Waals surface area contributed by atoms with Crippen LogP contribution in [0.4, 0.5) is 0 Å². The Labute approximate surface area is 189 Å². The zero-order valence-corrected chi connectivity index (χ0v) is 18.6. The van der Waals surface area contributed by atoms with Crippen molar-refractivity contribution < 1.29 is 14.3 Å². The van der Waals surface area contributed by atoms with E-state index in [-0.39, 0.29) is 24.3 Å². The number of carbonyl (C=O) groups is 1. The number of piperazine rings is 1. The maximum atomic E-state index is 12.7. The number of nitrogens with one attached hydrogen (secondary N) is 1. The SMILES string of the molecule is C[C@H](C(=O)NCc1ccc2c(c1)OCO2)N1CCN(Cc2cc(=O)n3ccsc3n2)CC1. The van der Waals surface area contributed by atoms with Gasteiger partial charge in [0.2, 0.25) is 12.7 Å². The van der Waals surface area contributed by atoms with Crippen molar-refractivity contribution in [2.75, 3.05) is 33.0 Å². The van der Waals surface area contributed by atoms with Crippen LogP contribution in [0.1, 0.15) is 18.2 Å². The average molecular weight is 456 g/mol. The molecule has 3 aromatic rings. The van der Waals surface area contributed by atoms with E-state index in [2.05, 4.69) is 20.1 Å². The number of carbonyl (C=O) groups excluding carboxylic acids is 1. The zero-order chi connectivity index (χ0) is 22.1. The van der Waals surface area contributed by atoms with E-state index in [1.807, 2.05) is 30.5 Å². The Hall–Kier alpha value is -2.95. The van der Waals surface area contributed by atoms with Crippen LogP contribution in [0.3, 0.4) is 0 Å². The summed E-state index contributed by atoms with van der Waals surface area (Å²) in [6.45, 7) is 6.50. The van der Waals surface area contributed by atoms with Crippen molar-refractivity contribution >= 4 is 22.2 Å². The van der Waals surface area contributed by atoms with E-state index in [1.165, 1.54) is 11.3 Å². The molecule has 1 aromatic carbocycles. The van der Waals surface area contributed by atoms with Crippen LogP contribution in [-0.2, 0) is 17.9 Å². The number of amides is 1. The molecule has 1 amide bonds. The molecule has 0 radical (unpaired) electrons. The van der Waals surface area contributed by atoms with Crippen molar-refractivity contribution in [3.8, 4) is 11.5 Å². The largest absolute Gasteiger partial charge is 0.454 e. The van der Waals surface area contributed by atoms with Crippen molar-refractivity contribution in [2.24, 2.45) is 0 Å². The third kappa shape index (κ3) is 4.34. The predicted octanol–water partition coefficient (Wildman–Crippen LogP) is 1.31. The Morgan fingerprint density at radius 2 is 2.00 bits per heavy atom. The summed E-state index contributed by atoms with van der Waals surface area (Å²) in [5.74, 6) is 1.47. The smallest absolute Gasteiger partial charge is 0.258 e. The van der Waals surface area contributed by atoms with Crippen molar-refractivity contribution in [3.05, 3.63) is 57.5 Å². The van der Waals surface area contributed by atoms with Crippen LogP contribution in [0.2, 0.25) is 0 Å². The molecule has 0 aliphatic carbocycles. The van der Waals surface area contributed by atoms with Crippen molar-refractivity contribution in [3.63, 3.8) is 0 Å². The molecule has 0 saturated carbocycles. The standard InChI is InChI=1S/C22H25N5O4S/c1-15(21(29)23-12-16-2-3-18-19(10-16)31-14-30-18)26-6-4-25(5-7-26)13-17-11-20(28)27-8-9-32-22(27)24-17/h2-3,8-11,15H,4-7,12-14H2,1H3,(H,23,29)/t15-/m1/s1. The first-order valence-corrected chi connectivity index (χ1v) is 11.5. The van der Waals surface area contributed by atoms with E-state index < -0.39 is 0 Å². The maximum Gasteiger partial charge on any atom is 0.258 e. The second-order valence-corrected chi connectivity index (χ2v) is 8.91. The van der Waals surface area contributed by atoms with Crippen LogP contribution < -0.4 is 20.3 Å². The summed E-state index contributed by atoms with van der Waals surface area (Å²) in [6.07, 6.45) is 1.75. The third-order valence-corrected chi connectivity index (χ3v) is 6.74. The van der Waals surface area contributed by atoms with Crippen LogP contribution in [0.15, 0.2) is 40.6 Å². The molecule has 1 saturated heterocycles. The molecule has 4 heterocycles. The molecule has 32 heavy (non-hydrogen) atoms. The van der Waals surface area contributed by atoms with Gasteiger partial charge in [-0.15, -0.1) is 11.3 Å². The molecule has 5 rings (SSSR count). The number of aromatic nitrogens is 2. The van der Waals surface area contributed by atoms with Crippen LogP contribution >= 0.6 is 11.3 Å². The van der Waals surface area contributed by atoms with Gasteiger partial charge in [0.1, 0.15) is 0 Å². The minimum Gasteiger partial charge on any atom is -0.454 e. The highest BCUT2D eigenvalue weighted by Crippen LogP contribution is 2.32. The summed E-state index contributed by atoms with van der Waals surface area (Å²) < 4.78 is 12.3. The highest BCUT2D eigenvalue weighted by molar-refractivity contribution is 7.15. The summed E-state index contributed by atoms with van der Waals surface area (Å²) in [5.41, 5.74) is 1.73. The fraction of sp³-hybridized carbons (Fsp3) is 0.409. The summed E-state index contributed by atoms with van der Waals surface area (Å²) in [5, 5.41) is 4.89. The number of benzene rings is 1. The fourth-order valence-corrected chi connectivity index (χ4v) is 4.80. The molecule has 9 nitrogen and oxygen atoms in total. The average Bonchev–Trinajstić information content (AvgIpc) is 3.46. The van der Waals surface area contributed by atoms with Gasteiger partial charge >= 0.3 is 0 Å². The molecular weight excluding hydrogens is 430 g/mol. The van der Waals surface area contributed by atoms with Crippen LogP contribution in [-0.4, -0.2) is 64.1 Å². The molecule has 1 atom stereocenters. The first-order valence-electron chi connectivity index (χ1n) is 10.7. The highest BCUT2D eigenvalue weighted by Gasteiger charge is 2.26. The zero-order valence-electron chi connectivity index (χ0n) is 17.8. The number of rotatable bonds is 6. The van der Waals surface area contributed by atoms with E-state index in [0.29, 0.717) is 13.1 Å². The Morgan fingerprint density at radius 3 is 2.84 bits per heavy atom. The predicted molar refractivity (Wildman–Crippen MR) is 120 cm³/mol. The van der Waals surface area contributed by atoms with Crippen LogP contribution in [0.25, 0.3) is 4.96 Å². The molecular formula is C22H25N5O4S. The minimum absolute atomic E-state index is 0.00829. The van der Waals surface area contributed by atoms with Crippen molar-refractivity contribution in [1.29, 1.82) is 0 Å². The molecule has 2 aromatic heterocycles. The number of hydrogen-bond donors (Lipinski definition) is 1. The maximum absolute atomic E-state index is 12.7. The Bertz CT molecular complexity index is 1180. The van der Waals surface area contributed by atoms with E-state index in [4.69, 9.17) is 9.47 Å². The lowest BCUT2D eigenvalue weighted by atomic mass is 10.1. The second-order valence-electron chi connectivity index (χ2n) is 8.03. The summed E-state index contributed by atoms with van der Waals surface area (Å²) in [7, 11) is 0. The Morgan fingerprint density at radius 1 is 1.19 bits per heavy atom. The van der Waals surface area contributed by atoms with E-state index in [0.717, 1.165) is 53.9 Å². The quantitative estimate of drug-likeness (QED) is 0.600. The number of ether oxygens (including phenoxy) is 2. The van der Waals surface area contributed by atoms with Gasteiger partial charge in [-0.25, -0.2) is 4.98 Å². The third-order valence-electron chi connectivity index (χ3n) is 5.98. The number of hydrogen-bond acceptors (Lipinski definition) is 8. The number of thiazole rings is 1. The van der Waals surface area contributed by atoms with Gasteiger partial charge in [0, 0.05) is 56.9 Å². The fourth-order valence-electron chi connectivity index (χ4n) is 4.06. The molecule has 1 fully saturated rings. The van der Waals surface area contributed by atoms with Gasteiger partial charge in [0.05, 0.1) is 11.7 Å². The molecule has 10 heteroatoms. The van der Waals surface area contributed by atoms with Crippen LogP contribution in [0.5, 0.6) is 11.5 Å². The number of fused-ring (bicyclic) bond motifs is 2. The second kappa shape index (κ2) is 8.89. The Kier molecular flexibility index (Phi) is 5.81. The molecule has 0 unspecified atom stereocenters. The minimum atomic E-state index is -0.212. The lowest BCUT2D eigenvalue weighted by Gasteiger charge is -2.37. The van der Waals surface area contributed by atoms with E-state index in [1.54, 1.807) is 16.7 Å². The van der Waals surface area contributed by atoms with Gasteiger partial charge in [-0.05, 0) is 24.6 Å². The normalized spacial score (nSPS) is 17.5. The van der Waals surface area contributed by atoms with Crippen molar-refractivity contribution in [1.82, 2.24) is 24.5 Å². The number of nitrogens with zero attached hydrogens (tertiary/aromatic N) is 4. The summed E-state index contributed by atoms with van der Waals surface area (Å²) in [6, 6.07) is 7.10. The van der Waals surface area contributed by atoms with Crippen LogP contribution in [0, 0.1) is 0 Å². The van der Waals surface area contributed by atoms with Gasteiger partial charge in [0.15, 0.2) is 16.5 Å². The van der Waals surface area contributed by atoms with Gasteiger partial charge in [-0.1, -0.05) is 6.07 Å². The monoisotopic (exact) mass is 455 g/mol. The summed E-state index contributed by atoms with van der Waals surface area (Å²) in [4.78, 5) is 34.7. The molecule has 2 aliphatic rings. The van der Waals surface area contributed by atoms with Gasteiger partial charge in [-0.2, -0.15) is 0 Å². The van der Waals surface area contributed by atoms with E-state index in [9.17, 15) is 9.59 Å². The molecule has 0 bridgehead atoms. The first kappa shape index (κ1) is 20.9. The highest BCUT2D eigenvalue weighted by atomic mass is 32.1. The molecule has 0 spiro atoms. The van der Waals surface area contributed by atoms with Gasteiger partial charge in [-0.3, -0.25) is 23.8 Å². The first-order chi connectivity index (χ1) is 15.6. The molecule has 1 N–H and O–H groups in total. The lowest BCUT2D eigenvalue weighted by molar-refractivity contribution is -0.126. The van der Waals surface area contributed by atoms with Gasteiger partial charge in [0.25, 0.3) is 5.56 Å². The summed E-state index contributed by atoms with van der Waals surface area (Å²) >= 11 is 1.46. The molecule has 168 valence electrons.